The zero-order valence-corrected chi connectivity index (χ0v) is 29.6. The molecule has 10 heteroatoms. The van der Waals surface area contributed by atoms with E-state index in [1.54, 1.807) is 19.0 Å². The summed E-state index contributed by atoms with van der Waals surface area (Å²) in [6.45, 7) is 10.4. The molecule has 2 aliphatic heterocycles. The standard InChI is InChI=1S/C38H47N5O5/c1-10-27-33-17-28-21(2)15-24(39-28)16-29-22(3)25(11-13-36(45)47-8)31(40-29)18-32-26(12-14-37(46)48-9)23(4)30(41-32)19-34(42-33)38(27,5)20-35(44)43(6)7/h15-19,27,39,41H,10-14,20H2,1-9H3/t27-,38-/m1/s1. The van der Waals surface area contributed by atoms with Crippen LogP contribution in [0.5, 0.6) is 0 Å². The number of H-pyrrole nitrogens is 2. The lowest BCUT2D eigenvalue weighted by Gasteiger charge is -2.31. The molecule has 0 aliphatic carbocycles. The number of carbonyl (C=O) groups excluding carboxylic acids is 3. The van der Waals surface area contributed by atoms with Crippen LogP contribution in [0.4, 0.5) is 0 Å². The van der Waals surface area contributed by atoms with Crippen molar-refractivity contribution in [3.63, 3.8) is 0 Å². The number of fused-ring (bicyclic) bond motifs is 8. The van der Waals surface area contributed by atoms with Gasteiger partial charge in [-0.2, -0.15) is 0 Å². The number of amides is 1. The van der Waals surface area contributed by atoms with E-state index in [4.69, 9.17) is 19.4 Å². The molecule has 10 nitrogen and oxygen atoms in total. The molecule has 8 bridgehead atoms. The van der Waals surface area contributed by atoms with E-state index in [0.29, 0.717) is 19.3 Å². The van der Waals surface area contributed by atoms with Crippen molar-refractivity contribution in [2.75, 3.05) is 28.3 Å². The number of rotatable bonds is 9. The van der Waals surface area contributed by atoms with E-state index in [-0.39, 0.29) is 36.6 Å². The molecule has 0 unspecified atom stereocenters. The second-order valence-corrected chi connectivity index (χ2v) is 13.4. The summed E-state index contributed by atoms with van der Waals surface area (Å²) in [5, 5.41) is 0. The maximum Gasteiger partial charge on any atom is 0.305 e. The Morgan fingerprint density at radius 2 is 1.54 bits per heavy atom. The van der Waals surface area contributed by atoms with Gasteiger partial charge in [0.15, 0.2) is 0 Å². The van der Waals surface area contributed by atoms with Gasteiger partial charge in [-0.1, -0.05) is 13.8 Å². The Morgan fingerprint density at radius 3 is 2.19 bits per heavy atom. The minimum absolute atomic E-state index is 0.0112. The first kappa shape index (κ1) is 34.6. The van der Waals surface area contributed by atoms with Crippen LogP contribution in [0.2, 0.25) is 0 Å². The molecule has 254 valence electrons. The molecule has 0 aromatic carbocycles. The van der Waals surface area contributed by atoms with Gasteiger partial charge in [-0.05, 0) is 98.2 Å². The fourth-order valence-corrected chi connectivity index (χ4v) is 7.05. The Kier molecular flexibility index (Phi) is 9.94. The number of ether oxygens (including phenoxy) is 2. The highest BCUT2D eigenvalue weighted by Crippen LogP contribution is 2.47. The fraction of sp³-hybridized carbons (Fsp3) is 0.447. The lowest BCUT2D eigenvalue weighted by molar-refractivity contribution is -0.141. The minimum atomic E-state index is -0.557. The number of nitrogens with zero attached hydrogens (tertiary/aromatic N) is 3. The number of hydrogen-bond donors (Lipinski definition) is 2. The molecule has 1 amide bonds. The highest BCUT2D eigenvalue weighted by molar-refractivity contribution is 5.94. The molecule has 0 saturated heterocycles. The van der Waals surface area contributed by atoms with E-state index in [1.165, 1.54) is 14.2 Å². The third-order valence-electron chi connectivity index (χ3n) is 10.1. The normalized spacial score (nSPS) is 17.4. The zero-order chi connectivity index (χ0) is 34.9. The number of aromatic amines is 2. The molecular weight excluding hydrogens is 606 g/mol. The first-order valence-corrected chi connectivity index (χ1v) is 16.6. The van der Waals surface area contributed by atoms with E-state index in [9.17, 15) is 14.4 Å². The average molecular weight is 654 g/mol. The summed E-state index contributed by atoms with van der Waals surface area (Å²) in [6.07, 6.45) is 2.49. The molecule has 0 spiro atoms. The predicted molar refractivity (Wildman–Crippen MR) is 188 cm³/mol. The van der Waals surface area contributed by atoms with Gasteiger partial charge in [0.25, 0.3) is 0 Å². The van der Waals surface area contributed by atoms with Crippen molar-refractivity contribution in [1.82, 2.24) is 24.8 Å². The van der Waals surface area contributed by atoms with Crippen LogP contribution in [-0.4, -0.2) is 71.0 Å². The monoisotopic (exact) mass is 653 g/mol. The largest absolute Gasteiger partial charge is 0.469 e. The van der Waals surface area contributed by atoms with E-state index < -0.39 is 5.41 Å². The summed E-state index contributed by atoms with van der Waals surface area (Å²) in [5.74, 6) is -0.524. The lowest BCUT2D eigenvalue weighted by atomic mass is 9.71. The van der Waals surface area contributed by atoms with Crippen LogP contribution in [-0.2, 0) is 35.7 Å². The number of methoxy groups -OCH3 is 2. The summed E-state index contributed by atoms with van der Waals surface area (Å²) in [7, 11) is 6.36. The number of aromatic nitrogens is 4. The zero-order valence-electron chi connectivity index (χ0n) is 29.6. The van der Waals surface area contributed by atoms with Crippen LogP contribution in [0.15, 0.2) is 30.3 Å². The van der Waals surface area contributed by atoms with Gasteiger partial charge in [-0.3, -0.25) is 19.4 Å². The van der Waals surface area contributed by atoms with Gasteiger partial charge in [0, 0.05) is 78.1 Å². The second kappa shape index (κ2) is 13.8. The first-order chi connectivity index (χ1) is 22.8. The van der Waals surface area contributed by atoms with E-state index >= 15 is 0 Å². The van der Waals surface area contributed by atoms with Crippen LogP contribution in [0, 0.1) is 13.8 Å². The number of aryl methyl sites for hydroxylation is 3. The van der Waals surface area contributed by atoms with Crippen molar-refractivity contribution < 1.29 is 23.9 Å². The molecule has 5 heterocycles. The van der Waals surface area contributed by atoms with Crippen molar-refractivity contribution >= 4 is 51.1 Å². The summed E-state index contributed by atoms with van der Waals surface area (Å²) in [6, 6.07) is 10.3. The highest BCUT2D eigenvalue weighted by atomic mass is 16.5. The van der Waals surface area contributed by atoms with E-state index in [0.717, 1.165) is 79.1 Å². The number of allylic oxidation sites excluding steroid dienone is 2. The second-order valence-electron chi connectivity index (χ2n) is 13.4. The summed E-state index contributed by atoms with van der Waals surface area (Å²) in [5.41, 5.74) is 11.3. The third-order valence-corrected chi connectivity index (χ3v) is 10.1. The Balaban J connectivity index is 1.87. The van der Waals surface area contributed by atoms with Crippen LogP contribution in [0.3, 0.4) is 0 Å². The molecule has 0 saturated carbocycles. The van der Waals surface area contributed by atoms with E-state index in [1.807, 2.05) is 26.0 Å². The maximum atomic E-state index is 13.3. The first-order valence-electron chi connectivity index (χ1n) is 16.6. The van der Waals surface area contributed by atoms with Gasteiger partial charge in [-0.15, -0.1) is 0 Å². The van der Waals surface area contributed by atoms with Crippen molar-refractivity contribution in [3.05, 3.63) is 69.8 Å². The van der Waals surface area contributed by atoms with E-state index in [2.05, 4.69) is 48.9 Å². The Bertz CT molecular complexity index is 1970. The third kappa shape index (κ3) is 6.66. The molecule has 3 aromatic rings. The molecule has 0 radical (unpaired) electrons. The smallest absolute Gasteiger partial charge is 0.305 e. The lowest BCUT2D eigenvalue weighted by Crippen LogP contribution is -2.34. The molecule has 3 aromatic heterocycles. The van der Waals surface area contributed by atoms with Gasteiger partial charge >= 0.3 is 11.9 Å². The maximum absolute atomic E-state index is 13.3. The summed E-state index contributed by atoms with van der Waals surface area (Å²) >= 11 is 0. The highest BCUT2D eigenvalue weighted by Gasteiger charge is 2.44. The van der Waals surface area contributed by atoms with Gasteiger partial charge in [0.1, 0.15) is 0 Å². The Hall–Kier alpha value is -4.73. The molecule has 2 N–H and O–H groups in total. The van der Waals surface area contributed by atoms with Crippen molar-refractivity contribution in [3.8, 4) is 0 Å². The van der Waals surface area contributed by atoms with Gasteiger partial charge in [-0.25, -0.2) is 4.98 Å². The van der Waals surface area contributed by atoms with Crippen LogP contribution < -0.4 is 0 Å². The number of nitrogens with one attached hydrogen (secondary N) is 2. The minimum Gasteiger partial charge on any atom is -0.469 e. The Labute approximate surface area is 282 Å². The summed E-state index contributed by atoms with van der Waals surface area (Å²) in [4.78, 5) is 56.9. The number of esters is 2. The van der Waals surface area contributed by atoms with Crippen molar-refractivity contribution in [2.24, 2.45) is 0 Å². The fourth-order valence-electron chi connectivity index (χ4n) is 7.05. The number of carbonyl (C=O) groups is 3. The molecular formula is C38H47N5O5. The van der Waals surface area contributed by atoms with Gasteiger partial charge < -0.3 is 24.3 Å². The van der Waals surface area contributed by atoms with Crippen molar-refractivity contribution in [1.29, 1.82) is 0 Å². The quantitative estimate of drug-likeness (QED) is 0.242. The predicted octanol–water partition coefficient (Wildman–Crippen LogP) is 6.85. The number of hydrogen-bond acceptors (Lipinski definition) is 7. The molecule has 2 aliphatic rings. The molecule has 5 rings (SSSR count). The van der Waals surface area contributed by atoms with Crippen molar-refractivity contribution in [2.45, 2.75) is 84.5 Å². The molecule has 2 atom stereocenters. The Morgan fingerprint density at radius 1 is 0.854 bits per heavy atom. The summed E-state index contributed by atoms with van der Waals surface area (Å²) < 4.78 is 9.93. The van der Waals surface area contributed by atoms with Crippen LogP contribution >= 0.6 is 0 Å². The molecule has 0 fully saturated rings. The van der Waals surface area contributed by atoms with Gasteiger partial charge in [0.2, 0.25) is 5.91 Å². The van der Waals surface area contributed by atoms with Crippen LogP contribution in [0.1, 0.15) is 98.3 Å². The molecule has 48 heavy (non-hydrogen) atoms. The van der Waals surface area contributed by atoms with Crippen LogP contribution in [0.25, 0.3) is 33.2 Å². The topological polar surface area (TPSA) is 130 Å². The van der Waals surface area contributed by atoms with Gasteiger partial charge in [0.05, 0.1) is 25.6 Å². The SMILES string of the molecule is CC[C@@H]1c2cc3[nH]c(cc4nc(cc5[nH]c(cc(n2)[C@]1(C)CC(=O)N(C)C)c(C)c5CCC(=O)OC)C(CCC(=O)OC)=C4C)cc3C. The average Bonchev–Trinajstić information content (AvgIpc) is 3.71.